The lowest BCUT2D eigenvalue weighted by Crippen LogP contribution is -2.35. The second-order valence-electron chi connectivity index (χ2n) is 4.43. The molecule has 0 saturated heterocycles. The topological polar surface area (TPSA) is 68.5 Å². The second-order valence-corrected chi connectivity index (χ2v) is 4.43. The number of pyridine rings is 1. The van der Waals surface area contributed by atoms with Crippen molar-refractivity contribution in [3.05, 3.63) is 23.9 Å². The van der Waals surface area contributed by atoms with Crippen molar-refractivity contribution in [2.45, 2.75) is 25.3 Å². The molecule has 0 atom stereocenters. The first kappa shape index (κ1) is 12.8. The maximum atomic E-state index is 12.5. The van der Waals surface area contributed by atoms with Crippen LogP contribution in [0.2, 0.25) is 0 Å². The SMILES string of the molecule is COc1ncccc1C(=O)N(CCCN)C1CC1. The number of hydrogen-bond acceptors (Lipinski definition) is 4. The van der Waals surface area contributed by atoms with Gasteiger partial charge < -0.3 is 15.4 Å². The number of nitrogens with two attached hydrogens (primary N) is 1. The molecule has 0 aliphatic heterocycles. The Hall–Kier alpha value is -1.62. The minimum absolute atomic E-state index is 0.00380. The van der Waals surface area contributed by atoms with Crippen LogP contribution in [0.5, 0.6) is 5.88 Å². The van der Waals surface area contributed by atoms with E-state index in [0.717, 1.165) is 19.3 Å². The summed E-state index contributed by atoms with van der Waals surface area (Å²) < 4.78 is 5.14. The molecule has 1 aliphatic rings. The van der Waals surface area contributed by atoms with Crippen molar-refractivity contribution >= 4 is 5.91 Å². The number of rotatable bonds is 6. The van der Waals surface area contributed by atoms with Gasteiger partial charge in [0.1, 0.15) is 5.56 Å². The van der Waals surface area contributed by atoms with Crippen molar-refractivity contribution in [2.24, 2.45) is 5.73 Å². The largest absolute Gasteiger partial charge is 0.480 e. The molecule has 5 nitrogen and oxygen atoms in total. The number of aromatic nitrogens is 1. The number of carbonyl (C=O) groups excluding carboxylic acids is 1. The van der Waals surface area contributed by atoms with Gasteiger partial charge >= 0.3 is 0 Å². The average Bonchev–Trinajstić information content (AvgIpc) is 3.23. The Bertz CT molecular complexity index is 418. The fourth-order valence-electron chi connectivity index (χ4n) is 1.97. The highest BCUT2D eigenvalue weighted by Crippen LogP contribution is 2.29. The van der Waals surface area contributed by atoms with Gasteiger partial charge in [-0.25, -0.2) is 4.98 Å². The van der Waals surface area contributed by atoms with Crippen LogP contribution in [-0.4, -0.2) is 42.0 Å². The summed E-state index contributed by atoms with van der Waals surface area (Å²) in [6.07, 6.45) is 4.61. The molecule has 0 aromatic carbocycles. The van der Waals surface area contributed by atoms with E-state index in [2.05, 4.69) is 4.98 Å². The normalized spacial score (nSPS) is 14.3. The third-order valence-corrected chi connectivity index (χ3v) is 3.05. The third kappa shape index (κ3) is 2.79. The van der Waals surface area contributed by atoms with E-state index in [1.807, 2.05) is 4.90 Å². The smallest absolute Gasteiger partial charge is 0.259 e. The maximum Gasteiger partial charge on any atom is 0.259 e. The second kappa shape index (κ2) is 5.82. The minimum Gasteiger partial charge on any atom is -0.480 e. The molecule has 1 fully saturated rings. The monoisotopic (exact) mass is 249 g/mol. The van der Waals surface area contributed by atoms with E-state index in [9.17, 15) is 4.79 Å². The Balaban J connectivity index is 2.16. The Morgan fingerprint density at radius 2 is 2.39 bits per heavy atom. The first-order chi connectivity index (χ1) is 8.77. The third-order valence-electron chi connectivity index (χ3n) is 3.05. The first-order valence-corrected chi connectivity index (χ1v) is 6.28. The molecule has 0 bridgehead atoms. The lowest BCUT2D eigenvalue weighted by atomic mass is 10.2. The van der Waals surface area contributed by atoms with E-state index < -0.39 is 0 Å². The number of nitrogens with zero attached hydrogens (tertiary/aromatic N) is 2. The highest BCUT2D eigenvalue weighted by molar-refractivity contribution is 5.96. The molecule has 18 heavy (non-hydrogen) atoms. The van der Waals surface area contributed by atoms with Crippen LogP contribution in [0.4, 0.5) is 0 Å². The van der Waals surface area contributed by atoms with E-state index in [-0.39, 0.29) is 5.91 Å². The van der Waals surface area contributed by atoms with Crippen molar-refractivity contribution in [1.82, 2.24) is 9.88 Å². The Kier molecular flexibility index (Phi) is 4.15. The quantitative estimate of drug-likeness (QED) is 0.818. The molecular weight excluding hydrogens is 230 g/mol. The standard InChI is InChI=1S/C13H19N3O2/c1-18-12-11(4-2-8-15-12)13(17)16(9-3-7-14)10-5-6-10/h2,4,8,10H,3,5-7,9,14H2,1H3. The van der Waals surface area contributed by atoms with E-state index in [0.29, 0.717) is 30.6 Å². The van der Waals surface area contributed by atoms with E-state index >= 15 is 0 Å². The van der Waals surface area contributed by atoms with Crippen LogP contribution in [0.3, 0.4) is 0 Å². The average molecular weight is 249 g/mol. The Morgan fingerprint density at radius 3 is 3.00 bits per heavy atom. The van der Waals surface area contributed by atoms with Crippen molar-refractivity contribution < 1.29 is 9.53 Å². The van der Waals surface area contributed by atoms with Crippen LogP contribution in [0.15, 0.2) is 18.3 Å². The molecular formula is C13H19N3O2. The Morgan fingerprint density at radius 1 is 1.61 bits per heavy atom. The van der Waals surface area contributed by atoms with Crippen molar-refractivity contribution in [3.8, 4) is 5.88 Å². The summed E-state index contributed by atoms with van der Waals surface area (Å²) in [5, 5.41) is 0. The van der Waals surface area contributed by atoms with Gasteiger partial charge in [0.15, 0.2) is 0 Å². The zero-order valence-electron chi connectivity index (χ0n) is 10.6. The molecule has 1 aromatic rings. The summed E-state index contributed by atoms with van der Waals surface area (Å²) in [7, 11) is 1.53. The summed E-state index contributed by atoms with van der Waals surface area (Å²) in [4.78, 5) is 18.4. The van der Waals surface area contributed by atoms with E-state index in [4.69, 9.17) is 10.5 Å². The van der Waals surface area contributed by atoms with Gasteiger partial charge in [-0.3, -0.25) is 4.79 Å². The predicted molar refractivity (Wildman–Crippen MR) is 68.5 cm³/mol. The van der Waals surface area contributed by atoms with Crippen LogP contribution in [-0.2, 0) is 0 Å². The zero-order valence-corrected chi connectivity index (χ0v) is 10.6. The molecule has 5 heteroatoms. The van der Waals surface area contributed by atoms with Crippen LogP contribution in [0, 0.1) is 0 Å². The lowest BCUT2D eigenvalue weighted by molar-refractivity contribution is 0.0738. The van der Waals surface area contributed by atoms with Crippen LogP contribution >= 0.6 is 0 Å². The van der Waals surface area contributed by atoms with Crippen molar-refractivity contribution in [2.75, 3.05) is 20.2 Å². The summed E-state index contributed by atoms with van der Waals surface area (Å²) >= 11 is 0. The van der Waals surface area contributed by atoms with Crippen molar-refractivity contribution in [1.29, 1.82) is 0 Å². The van der Waals surface area contributed by atoms with Gasteiger partial charge in [-0.05, 0) is 37.9 Å². The molecule has 2 N–H and O–H groups in total. The summed E-state index contributed by atoms with van der Waals surface area (Å²) in [5.74, 6) is 0.386. The number of methoxy groups -OCH3 is 1. The van der Waals surface area contributed by atoms with Gasteiger partial charge in [-0.1, -0.05) is 0 Å². The fraction of sp³-hybridized carbons (Fsp3) is 0.538. The summed E-state index contributed by atoms with van der Waals surface area (Å²) in [6.45, 7) is 1.30. The molecule has 1 amide bonds. The van der Waals surface area contributed by atoms with Crippen molar-refractivity contribution in [3.63, 3.8) is 0 Å². The number of ether oxygens (including phenoxy) is 1. The van der Waals surface area contributed by atoms with Crippen LogP contribution in [0.1, 0.15) is 29.6 Å². The molecule has 1 aromatic heterocycles. The highest BCUT2D eigenvalue weighted by Gasteiger charge is 2.33. The summed E-state index contributed by atoms with van der Waals surface area (Å²) in [6, 6.07) is 3.88. The number of hydrogen-bond donors (Lipinski definition) is 1. The van der Waals surface area contributed by atoms with Gasteiger partial charge in [0.2, 0.25) is 5.88 Å². The minimum atomic E-state index is -0.00380. The number of carbonyl (C=O) groups is 1. The lowest BCUT2D eigenvalue weighted by Gasteiger charge is -2.22. The molecule has 0 unspecified atom stereocenters. The zero-order chi connectivity index (χ0) is 13.0. The molecule has 1 aliphatic carbocycles. The molecule has 98 valence electrons. The van der Waals surface area contributed by atoms with Gasteiger partial charge in [0, 0.05) is 18.8 Å². The molecule has 0 radical (unpaired) electrons. The maximum absolute atomic E-state index is 12.5. The Labute approximate surface area is 107 Å². The van der Waals surface area contributed by atoms with E-state index in [1.165, 1.54) is 7.11 Å². The highest BCUT2D eigenvalue weighted by atomic mass is 16.5. The molecule has 1 saturated carbocycles. The first-order valence-electron chi connectivity index (χ1n) is 6.28. The fourth-order valence-corrected chi connectivity index (χ4v) is 1.97. The van der Waals surface area contributed by atoms with Crippen LogP contribution < -0.4 is 10.5 Å². The van der Waals surface area contributed by atoms with Crippen LogP contribution in [0.25, 0.3) is 0 Å². The predicted octanol–water partition coefficient (Wildman–Crippen LogP) is 1.04. The molecule has 1 heterocycles. The molecule has 2 rings (SSSR count). The summed E-state index contributed by atoms with van der Waals surface area (Å²) in [5.41, 5.74) is 6.05. The van der Waals surface area contributed by atoms with Gasteiger partial charge in [0.05, 0.1) is 7.11 Å². The van der Waals surface area contributed by atoms with Gasteiger partial charge in [-0.15, -0.1) is 0 Å². The number of amides is 1. The van der Waals surface area contributed by atoms with Gasteiger partial charge in [-0.2, -0.15) is 0 Å². The van der Waals surface area contributed by atoms with E-state index in [1.54, 1.807) is 18.3 Å². The van der Waals surface area contributed by atoms with Gasteiger partial charge in [0.25, 0.3) is 5.91 Å². The molecule has 0 spiro atoms.